The lowest BCUT2D eigenvalue weighted by atomic mass is 10.1. The van der Waals surface area contributed by atoms with E-state index in [1.807, 2.05) is 31.5 Å². The lowest BCUT2D eigenvalue weighted by molar-refractivity contribution is 0.0937. The molecule has 0 aromatic carbocycles. The molecule has 0 aliphatic heterocycles. The van der Waals surface area contributed by atoms with Gasteiger partial charge in [-0.3, -0.25) is 9.48 Å². The summed E-state index contributed by atoms with van der Waals surface area (Å²) in [5.41, 5.74) is 1.31. The fourth-order valence-electron chi connectivity index (χ4n) is 2.02. The first-order valence-electron chi connectivity index (χ1n) is 6.61. The predicted molar refractivity (Wildman–Crippen MR) is 79.8 cm³/mol. The van der Waals surface area contributed by atoms with Crippen LogP contribution in [0.15, 0.2) is 23.7 Å². The molecule has 1 amide bonds. The average Bonchev–Trinajstić information content (AvgIpc) is 3.04. The van der Waals surface area contributed by atoms with Crippen molar-refractivity contribution in [1.82, 2.24) is 15.1 Å². The van der Waals surface area contributed by atoms with E-state index in [1.165, 1.54) is 0 Å². The van der Waals surface area contributed by atoms with Crippen LogP contribution in [0.3, 0.4) is 0 Å². The van der Waals surface area contributed by atoms with Crippen LogP contribution in [0.1, 0.15) is 30.1 Å². The summed E-state index contributed by atoms with van der Waals surface area (Å²) < 4.78 is 1.66. The normalized spacial score (nSPS) is 12.3. The number of aromatic nitrogens is 2. The zero-order chi connectivity index (χ0) is 14.5. The molecule has 20 heavy (non-hydrogen) atoms. The van der Waals surface area contributed by atoms with Crippen molar-refractivity contribution in [2.45, 2.75) is 25.8 Å². The number of carbonyl (C=O) groups is 1. The van der Waals surface area contributed by atoms with Gasteiger partial charge in [0.05, 0.1) is 10.4 Å². The van der Waals surface area contributed by atoms with Crippen molar-refractivity contribution in [2.24, 2.45) is 7.05 Å². The largest absolute Gasteiger partial charge is 0.396 e. The third-order valence-corrected chi connectivity index (χ3v) is 3.88. The molecule has 108 valence electrons. The SMILES string of the molecule is CC(CCCO)NC(=O)c1cn(C)nc1-c1cccs1. The van der Waals surface area contributed by atoms with Crippen LogP contribution in [0.25, 0.3) is 10.6 Å². The van der Waals surface area contributed by atoms with Gasteiger partial charge in [-0.2, -0.15) is 5.10 Å². The van der Waals surface area contributed by atoms with Crippen LogP contribution in [0.2, 0.25) is 0 Å². The van der Waals surface area contributed by atoms with Crippen molar-refractivity contribution < 1.29 is 9.90 Å². The second-order valence-corrected chi connectivity index (χ2v) is 5.73. The second kappa shape index (κ2) is 6.67. The average molecular weight is 293 g/mol. The highest BCUT2D eigenvalue weighted by Crippen LogP contribution is 2.26. The predicted octanol–water partition coefficient (Wildman–Crippen LogP) is 2.04. The topological polar surface area (TPSA) is 67.2 Å². The molecule has 0 fully saturated rings. The summed E-state index contributed by atoms with van der Waals surface area (Å²) in [6.45, 7) is 2.09. The quantitative estimate of drug-likeness (QED) is 0.856. The van der Waals surface area contributed by atoms with E-state index >= 15 is 0 Å². The van der Waals surface area contributed by atoms with Crippen LogP contribution in [0.4, 0.5) is 0 Å². The van der Waals surface area contributed by atoms with Gasteiger partial charge in [-0.1, -0.05) is 6.07 Å². The maximum absolute atomic E-state index is 12.3. The van der Waals surface area contributed by atoms with Crippen LogP contribution in [0, 0.1) is 0 Å². The van der Waals surface area contributed by atoms with Gasteiger partial charge in [-0.05, 0) is 31.2 Å². The molecule has 0 aliphatic rings. The van der Waals surface area contributed by atoms with E-state index < -0.39 is 0 Å². The Bertz CT molecular complexity index is 563. The van der Waals surface area contributed by atoms with E-state index in [-0.39, 0.29) is 18.6 Å². The van der Waals surface area contributed by atoms with Crippen molar-refractivity contribution >= 4 is 17.2 Å². The van der Waals surface area contributed by atoms with Gasteiger partial charge in [0.1, 0.15) is 5.69 Å². The highest BCUT2D eigenvalue weighted by atomic mass is 32.1. The van der Waals surface area contributed by atoms with Crippen LogP contribution < -0.4 is 5.32 Å². The number of hydrogen-bond donors (Lipinski definition) is 2. The Morgan fingerprint density at radius 3 is 3.05 bits per heavy atom. The molecular formula is C14H19N3O2S. The third-order valence-electron chi connectivity index (χ3n) is 3.00. The fraction of sp³-hybridized carbons (Fsp3) is 0.429. The van der Waals surface area contributed by atoms with Crippen molar-refractivity contribution in [3.63, 3.8) is 0 Å². The molecule has 2 N–H and O–H groups in total. The molecule has 0 saturated heterocycles. The van der Waals surface area contributed by atoms with Gasteiger partial charge < -0.3 is 10.4 Å². The summed E-state index contributed by atoms with van der Waals surface area (Å²) in [5.74, 6) is -0.119. The lowest BCUT2D eigenvalue weighted by Crippen LogP contribution is -2.32. The second-order valence-electron chi connectivity index (χ2n) is 4.78. The molecule has 2 rings (SSSR count). The number of nitrogens with zero attached hydrogens (tertiary/aromatic N) is 2. The Morgan fingerprint density at radius 2 is 2.40 bits per heavy atom. The Hall–Kier alpha value is -1.66. The maximum atomic E-state index is 12.3. The zero-order valence-electron chi connectivity index (χ0n) is 11.7. The Morgan fingerprint density at radius 1 is 1.60 bits per heavy atom. The van der Waals surface area contributed by atoms with Crippen molar-refractivity contribution in [3.8, 4) is 10.6 Å². The number of aryl methyl sites for hydroxylation is 1. The van der Waals surface area contributed by atoms with Crippen molar-refractivity contribution in [1.29, 1.82) is 0 Å². The highest BCUT2D eigenvalue weighted by Gasteiger charge is 2.19. The molecule has 0 spiro atoms. The Kier molecular flexibility index (Phi) is 4.92. The number of aliphatic hydroxyl groups is 1. The molecule has 2 aromatic rings. The molecule has 1 unspecified atom stereocenters. The summed E-state index contributed by atoms with van der Waals surface area (Å²) in [5, 5.41) is 18.1. The zero-order valence-corrected chi connectivity index (χ0v) is 12.5. The van der Waals surface area contributed by atoms with Crippen molar-refractivity contribution in [2.75, 3.05) is 6.61 Å². The van der Waals surface area contributed by atoms with Crippen LogP contribution >= 0.6 is 11.3 Å². The molecule has 0 saturated carbocycles. The highest BCUT2D eigenvalue weighted by molar-refractivity contribution is 7.13. The number of rotatable bonds is 6. The van der Waals surface area contributed by atoms with Crippen LogP contribution in [-0.2, 0) is 7.05 Å². The van der Waals surface area contributed by atoms with Crippen molar-refractivity contribution in [3.05, 3.63) is 29.3 Å². The number of nitrogens with one attached hydrogen (secondary N) is 1. The molecule has 0 aliphatic carbocycles. The summed E-state index contributed by atoms with van der Waals surface area (Å²) >= 11 is 1.56. The minimum absolute atomic E-state index is 0.0334. The minimum Gasteiger partial charge on any atom is -0.396 e. The number of aliphatic hydroxyl groups excluding tert-OH is 1. The lowest BCUT2D eigenvalue weighted by Gasteiger charge is -2.12. The summed E-state index contributed by atoms with van der Waals surface area (Å²) in [6, 6.07) is 3.94. The first-order chi connectivity index (χ1) is 9.61. The van der Waals surface area contributed by atoms with Gasteiger partial charge in [-0.25, -0.2) is 0 Å². The Balaban J connectivity index is 2.14. The molecule has 5 nitrogen and oxygen atoms in total. The third kappa shape index (κ3) is 3.46. The van der Waals surface area contributed by atoms with Gasteiger partial charge in [0, 0.05) is 25.9 Å². The summed E-state index contributed by atoms with van der Waals surface area (Å²) in [4.78, 5) is 13.3. The number of thiophene rings is 1. The van der Waals surface area contributed by atoms with Gasteiger partial charge in [0.15, 0.2) is 0 Å². The van der Waals surface area contributed by atoms with E-state index in [4.69, 9.17) is 5.11 Å². The van der Waals surface area contributed by atoms with Gasteiger partial charge in [0.25, 0.3) is 5.91 Å². The van der Waals surface area contributed by atoms with Gasteiger partial charge in [0.2, 0.25) is 0 Å². The van der Waals surface area contributed by atoms with E-state index in [1.54, 1.807) is 22.2 Å². The molecule has 1 atom stereocenters. The maximum Gasteiger partial charge on any atom is 0.255 e. The molecular weight excluding hydrogens is 274 g/mol. The molecule has 6 heteroatoms. The van der Waals surface area contributed by atoms with Crippen LogP contribution in [0.5, 0.6) is 0 Å². The first-order valence-corrected chi connectivity index (χ1v) is 7.49. The molecule has 2 heterocycles. The van der Waals surface area contributed by atoms with Gasteiger partial charge >= 0.3 is 0 Å². The first kappa shape index (κ1) is 14.7. The smallest absolute Gasteiger partial charge is 0.255 e. The summed E-state index contributed by atoms with van der Waals surface area (Å²) in [7, 11) is 1.81. The number of hydrogen-bond acceptors (Lipinski definition) is 4. The fourth-order valence-corrected chi connectivity index (χ4v) is 2.74. The van der Waals surface area contributed by atoms with E-state index in [2.05, 4.69) is 10.4 Å². The Labute approximate surface area is 122 Å². The number of carbonyl (C=O) groups excluding carboxylic acids is 1. The van der Waals surface area contributed by atoms with Crippen LogP contribution in [-0.4, -0.2) is 33.4 Å². The van der Waals surface area contributed by atoms with Gasteiger partial charge in [-0.15, -0.1) is 11.3 Å². The number of amides is 1. The minimum atomic E-state index is -0.119. The standard InChI is InChI=1S/C14H19N3O2S/c1-10(5-3-7-18)15-14(19)11-9-17(2)16-13(11)12-6-4-8-20-12/h4,6,8-10,18H,3,5,7H2,1-2H3,(H,15,19). The molecule has 0 radical (unpaired) electrons. The molecule has 2 aromatic heterocycles. The van der Waals surface area contributed by atoms with E-state index in [9.17, 15) is 4.79 Å². The van der Waals surface area contributed by atoms with E-state index in [0.29, 0.717) is 17.7 Å². The van der Waals surface area contributed by atoms with E-state index in [0.717, 1.165) is 11.3 Å². The monoisotopic (exact) mass is 293 g/mol. The molecule has 0 bridgehead atoms. The summed E-state index contributed by atoms with van der Waals surface area (Å²) in [6.07, 6.45) is 3.19.